The van der Waals surface area contributed by atoms with Crippen LogP contribution in [0.3, 0.4) is 0 Å². The SMILES string of the molecule is Clc1c2c(c(C3CNCCO3)c3c1OCC3)OCC2. The summed E-state index contributed by atoms with van der Waals surface area (Å²) < 4.78 is 17.5. The van der Waals surface area contributed by atoms with Gasteiger partial charge >= 0.3 is 0 Å². The van der Waals surface area contributed by atoms with Gasteiger partial charge < -0.3 is 19.5 Å². The van der Waals surface area contributed by atoms with Crippen molar-refractivity contribution in [1.29, 1.82) is 0 Å². The molecule has 0 bridgehead atoms. The number of rotatable bonds is 1. The van der Waals surface area contributed by atoms with Gasteiger partial charge in [0.25, 0.3) is 0 Å². The lowest BCUT2D eigenvalue weighted by Gasteiger charge is -2.27. The van der Waals surface area contributed by atoms with Crippen LogP contribution in [0.2, 0.25) is 5.02 Å². The first-order valence-electron chi connectivity index (χ1n) is 6.81. The van der Waals surface area contributed by atoms with E-state index in [2.05, 4.69) is 5.32 Å². The molecule has 0 saturated carbocycles. The van der Waals surface area contributed by atoms with Gasteiger partial charge in [0.05, 0.1) is 30.9 Å². The molecule has 1 unspecified atom stereocenters. The predicted molar refractivity (Wildman–Crippen MR) is 71.4 cm³/mol. The van der Waals surface area contributed by atoms with E-state index in [4.69, 9.17) is 25.8 Å². The Morgan fingerprint density at radius 3 is 2.58 bits per heavy atom. The number of benzene rings is 1. The average Bonchev–Trinajstić information content (AvgIpc) is 3.09. The number of hydrogen-bond donors (Lipinski definition) is 1. The Balaban J connectivity index is 1.89. The highest BCUT2D eigenvalue weighted by atomic mass is 35.5. The van der Waals surface area contributed by atoms with Gasteiger partial charge in [0.15, 0.2) is 0 Å². The van der Waals surface area contributed by atoms with Crippen molar-refractivity contribution in [2.24, 2.45) is 0 Å². The van der Waals surface area contributed by atoms with Gasteiger partial charge in [0.2, 0.25) is 0 Å². The van der Waals surface area contributed by atoms with Crippen LogP contribution in [-0.2, 0) is 17.6 Å². The molecule has 4 rings (SSSR count). The topological polar surface area (TPSA) is 39.7 Å². The fraction of sp³-hybridized carbons (Fsp3) is 0.571. The largest absolute Gasteiger partial charge is 0.492 e. The smallest absolute Gasteiger partial charge is 0.142 e. The van der Waals surface area contributed by atoms with Crippen LogP contribution in [0.5, 0.6) is 11.5 Å². The number of halogens is 1. The fourth-order valence-electron chi connectivity index (χ4n) is 3.18. The summed E-state index contributed by atoms with van der Waals surface area (Å²) in [5, 5.41) is 4.12. The molecular weight excluding hydrogens is 266 g/mol. The molecule has 0 aromatic heterocycles. The second-order valence-electron chi connectivity index (χ2n) is 5.10. The van der Waals surface area contributed by atoms with Gasteiger partial charge in [-0.3, -0.25) is 0 Å². The Labute approximate surface area is 117 Å². The zero-order valence-corrected chi connectivity index (χ0v) is 11.4. The van der Waals surface area contributed by atoms with Crippen molar-refractivity contribution in [2.45, 2.75) is 18.9 Å². The molecule has 0 spiro atoms. The minimum Gasteiger partial charge on any atom is -0.492 e. The van der Waals surface area contributed by atoms with Crippen LogP contribution in [0.15, 0.2) is 0 Å². The van der Waals surface area contributed by atoms with Crippen LogP contribution in [0.1, 0.15) is 22.8 Å². The number of nitrogens with one attached hydrogen (secondary N) is 1. The van der Waals surface area contributed by atoms with E-state index in [1.165, 1.54) is 5.56 Å². The molecule has 1 aromatic carbocycles. The minimum absolute atomic E-state index is 0.0494. The van der Waals surface area contributed by atoms with Crippen LogP contribution in [0, 0.1) is 0 Å². The van der Waals surface area contributed by atoms with Crippen LogP contribution in [0.25, 0.3) is 0 Å². The third kappa shape index (κ3) is 1.74. The molecule has 4 nitrogen and oxygen atoms in total. The zero-order chi connectivity index (χ0) is 12.8. The maximum Gasteiger partial charge on any atom is 0.142 e. The second kappa shape index (κ2) is 4.54. The van der Waals surface area contributed by atoms with E-state index in [0.29, 0.717) is 13.2 Å². The van der Waals surface area contributed by atoms with Crippen LogP contribution in [0.4, 0.5) is 0 Å². The molecule has 1 atom stereocenters. The molecule has 102 valence electrons. The summed E-state index contributed by atoms with van der Waals surface area (Å²) in [5.74, 6) is 1.80. The van der Waals surface area contributed by atoms with Crippen molar-refractivity contribution in [2.75, 3.05) is 32.9 Å². The molecule has 1 aromatic rings. The Bertz CT molecular complexity index is 491. The first-order chi connectivity index (χ1) is 9.36. The normalized spacial score (nSPS) is 24.6. The second-order valence-corrected chi connectivity index (χ2v) is 5.48. The van der Waals surface area contributed by atoms with Crippen LogP contribution in [-0.4, -0.2) is 32.9 Å². The molecule has 1 N–H and O–H groups in total. The summed E-state index contributed by atoms with van der Waals surface area (Å²) in [6.07, 6.45) is 1.80. The standard InChI is InChI=1S/C14H16ClNO3/c15-12-9-2-5-18-13(9)11(8-1-4-19-14(8)12)10-7-16-3-6-17-10/h10,16H,1-7H2. The summed E-state index contributed by atoms with van der Waals surface area (Å²) in [6.45, 7) is 3.86. The third-order valence-corrected chi connectivity index (χ3v) is 4.43. The van der Waals surface area contributed by atoms with Crippen molar-refractivity contribution in [3.8, 4) is 11.5 Å². The molecule has 3 heterocycles. The minimum atomic E-state index is 0.0494. The van der Waals surface area contributed by atoms with E-state index in [-0.39, 0.29) is 6.10 Å². The third-order valence-electron chi connectivity index (χ3n) is 4.03. The summed E-state index contributed by atoms with van der Waals surface area (Å²) in [4.78, 5) is 0. The molecule has 3 aliphatic rings. The Morgan fingerprint density at radius 1 is 1.00 bits per heavy atom. The van der Waals surface area contributed by atoms with E-state index in [9.17, 15) is 0 Å². The maximum atomic E-state index is 6.45. The first kappa shape index (κ1) is 11.8. The molecule has 5 heteroatoms. The van der Waals surface area contributed by atoms with Gasteiger partial charge in [0.1, 0.15) is 11.5 Å². The Morgan fingerprint density at radius 2 is 1.79 bits per heavy atom. The molecule has 0 aliphatic carbocycles. The van der Waals surface area contributed by atoms with E-state index in [0.717, 1.165) is 60.2 Å². The van der Waals surface area contributed by atoms with E-state index in [1.54, 1.807) is 0 Å². The number of morpholine rings is 1. The van der Waals surface area contributed by atoms with Gasteiger partial charge in [0, 0.05) is 42.6 Å². The van der Waals surface area contributed by atoms with Gasteiger partial charge in [-0.1, -0.05) is 11.6 Å². The maximum absolute atomic E-state index is 6.45. The van der Waals surface area contributed by atoms with Gasteiger partial charge in [-0.15, -0.1) is 0 Å². The van der Waals surface area contributed by atoms with Crippen molar-refractivity contribution < 1.29 is 14.2 Å². The summed E-state index contributed by atoms with van der Waals surface area (Å²) >= 11 is 6.45. The fourth-order valence-corrected chi connectivity index (χ4v) is 3.53. The van der Waals surface area contributed by atoms with E-state index < -0.39 is 0 Å². The predicted octanol–water partition coefficient (Wildman–Crippen LogP) is 1.87. The summed E-state index contributed by atoms with van der Waals surface area (Å²) in [5.41, 5.74) is 3.43. The highest BCUT2D eigenvalue weighted by Gasteiger charge is 2.34. The van der Waals surface area contributed by atoms with Crippen LogP contribution < -0.4 is 14.8 Å². The van der Waals surface area contributed by atoms with Crippen molar-refractivity contribution in [3.63, 3.8) is 0 Å². The molecule has 0 amide bonds. The highest BCUT2D eigenvalue weighted by Crippen LogP contribution is 2.49. The molecule has 1 fully saturated rings. The zero-order valence-electron chi connectivity index (χ0n) is 10.6. The summed E-state index contributed by atoms with van der Waals surface area (Å²) in [7, 11) is 0. The monoisotopic (exact) mass is 281 g/mol. The Kier molecular flexibility index (Phi) is 2.83. The van der Waals surface area contributed by atoms with Crippen molar-refractivity contribution >= 4 is 11.6 Å². The molecule has 1 saturated heterocycles. The lowest BCUT2D eigenvalue weighted by Crippen LogP contribution is -2.34. The van der Waals surface area contributed by atoms with Crippen molar-refractivity contribution in [3.05, 3.63) is 21.7 Å². The number of ether oxygens (including phenoxy) is 3. The quantitative estimate of drug-likeness (QED) is 0.853. The molecule has 3 aliphatic heterocycles. The lowest BCUT2D eigenvalue weighted by molar-refractivity contribution is 0.0258. The highest BCUT2D eigenvalue weighted by molar-refractivity contribution is 6.33. The average molecular weight is 282 g/mol. The van der Waals surface area contributed by atoms with Crippen LogP contribution >= 0.6 is 11.6 Å². The molecular formula is C14H16ClNO3. The number of hydrogen-bond acceptors (Lipinski definition) is 4. The van der Waals surface area contributed by atoms with Gasteiger partial charge in [-0.05, 0) is 0 Å². The van der Waals surface area contributed by atoms with E-state index in [1.807, 2.05) is 0 Å². The Hall–Kier alpha value is -0.970. The molecule has 0 radical (unpaired) electrons. The number of fused-ring (bicyclic) bond motifs is 2. The van der Waals surface area contributed by atoms with Crippen molar-refractivity contribution in [1.82, 2.24) is 5.32 Å². The van der Waals surface area contributed by atoms with E-state index >= 15 is 0 Å². The van der Waals surface area contributed by atoms with Gasteiger partial charge in [-0.2, -0.15) is 0 Å². The first-order valence-corrected chi connectivity index (χ1v) is 7.19. The molecule has 19 heavy (non-hydrogen) atoms. The summed E-state index contributed by atoms with van der Waals surface area (Å²) in [6, 6.07) is 0. The van der Waals surface area contributed by atoms with Gasteiger partial charge in [-0.25, -0.2) is 0 Å². The lowest BCUT2D eigenvalue weighted by atomic mass is 9.95.